The molecule has 0 unspecified atom stereocenters. The molecule has 0 spiro atoms. The molecule has 0 saturated heterocycles. The quantitative estimate of drug-likeness (QED) is 0.662. The molecule has 0 atom stereocenters. The number of thiophene rings is 1. The largest absolute Gasteiger partial charge is 0.383 e. The molecule has 3 aromatic heterocycles. The third-order valence-electron chi connectivity index (χ3n) is 5.60. The third kappa shape index (κ3) is 3.31. The van der Waals surface area contributed by atoms with Gasteiger partial charge in [0, 0.05) is 4.88 Å². The lowest BCUT2D eigenvalue weighted by molar-refractivity contribution is 0.307. The first kappa shape index (κ1) is 17.4. The molecular formula is C18H23N7S2. The molecular weight excluding hydrogens is 378 g/mol. The van der Waals surface area contributed by atoms with Crippen LogP contribution in [0.1, 0.15) is 67.3 Å². The number of anilines is 1. The molecule has 0 aliphatic heterocycles. The van der Waals surface area contributed by atoms with Crippen molar-refractivity contribution in [2.24, 2.45) is 0 Å². The lowest BCUT2D eigenvalue weighted by atomic mass is 9.96. The van der Waals surface area contributed by atoms with Crippen LogP contribution in [0.25, 0.3) is 10.2 Å². The van der Waals surface area contributed by atoms with E-state index in [-0.39, 0.29) is 0 Å². The van der Waals surface area contributed by atoms with Crippen LogP contribution in [0.5, 0.6) is 0 Å². The average Bonchev–Trinajstić information content (AvgIpc) is 3.31. The van der Waals surface area contributed by atoms with Crippen LogP contribution in [0.15, 0.2) is 5.16 Å². The van der Waals surface area contributed by atoms with Gasteiger partial charge in [0.1, 0.15) is 16.5 Å². The Bertz CT molecular complexity index is 958. The van der Waals surface area contributed by atoms with Gasteiger partial charge in [-0.25, -0.2) is 14.6 Å². The zero-order valence-electron chi connectivity index (χ0n) is 15.2. The Kier molecular flexibility index (Phi) is 4.73. The minimum Gasteiger partial charge on any atom is -0.383 e. The fraction of sp³-hybridized carbons (Fsp3) is 0.611. The van der Waals surface area contributed by atoms with Gasteiger partial charge in [0.15, 0.2) is 0 Å². The Morgan fingerprint density at radius 1 is 1.07 bits per heavy atom. The predicted octanol–water partition coefficient (Wildman–Crippen LogP) is 3.94. The molecule has 142 valence electrons. The van der Waals surface area contributed by atoms with E-state index in [1.807, 2.05) is 4.68 Å². The highest BCUT2D eigenvalue weighted by atomic mass is 32.2. The number of nitrogen functional groups attached to an aromatic ring is 1. The molecule has 0 amide bonds. The molecule has 1 fully saturated rings. The Hall–Kier alpha value is -1.74. The summed E-state index contributed by atoms with van der Waals surface area (Å²) < 4.78 is 2.00. The molecule has 3 heterocycles. The molecule has 0 radical (unpaired) electrons. The number of fused-ring (bicyclic) bond motifs is 3. The van der Waals surface area contributed by atoms with Gasteiger partial charge in [-0.3, -0.25) is 0 Å². The Morgan fingerprint density at radius 3 is 2.81 bits per heavy atom. The van der Waals surface area contributed by atoms with Crippen molar-refractivity contribution >= 4 is 39.1 Å². The summed E-state index contributed by atoms with van der Waals surface area (Å²) in [6.07, 6.45) is 10.9. The first-order valence-corrected chi connectivity index (χ1v) is 11.6. The van der Waals surface area contributed by atoms with Gasteiger partial charge in [-0.05, 0) is 54.5 Å². The van der Waals surface area contributed by atoms with Gasteiger partial charge in [-0.15, -0.1) is 16.4 Å². The van der Waals surface area contributed by atoms with Crippen molar-refractivity contribution in [3.05, 3.63) is 16.3 Å². The maximum atomic E-state index is 6.32. The average molecular weight is 402 g/mol. The summed E-state index contributed by atoms with van der Waals surface area (Å²) in [5.74, 6) is 2.03. The van der Waals surface area contributed by atoms with E-state index in [0.717, 1.165) is 46.9 Å². The summed E-state index contributed by atoms with van der Waals surface area (Å²) in [7, 11) is 0. The van der Waals surface area contributed by atoms with Crippen LogP contribution in [0.4, 0.5) is 5.82 Å². The Morgan fingerprint density at radius 2 is 1.93 bits per heavy atom. The van der Waals surface area contributed by atoms with Gasteiger partial charge in [-0.1, -0.05) is 31.0 Å². The van der Waals surface area contributed by atoms with Crippen molar-refractivity contribution < 1.29 is 0 Å². The van der Waals surface area contributed by atoms with E-state index in [0.29, 0.717) is 17.6 Å². The summed E-state index contributed by atoms with van der Waals surface area (Å²) in [5.41, 5.74) is 7.71. The van der Waals surface area contributed by atoms with E-state index in [1.54, 1.807) is 23.1 Å². The summed E-state index contributed by atoms with van der Waals surface area (Å²) in [6.45, 7) is 0. The number of aryl methyl sites for hydroxylation is 2. The molecule has 3 aromatic rings. The van der Waals surface area contributed by atoms with Gasteiger partial charge < -0.3 is 5.73 Å². The first-order chi connectivity index (χ1) is 13.3. The number of hydrogen-bond donors (Lipinski definition) is 1. The fourth-order valence-corrected chi connectivity index (χ4v) is 6.35. The Labute approximate surface area is 166 Å². The smallest absolute Gasteiger partial charge is 0.210 e. The van der Waals surface area contributed by atoms with Crippen LogP contribution in [-0.2, 0) is 18.6 Å². The zero-order valence-corrected chi connectivity index (χ0v) is 16.9. The second kappa shape index (κ2) is 7.35. The number of aromatic nitrogens is 6. The van der Waals surface area contributed by atoms with Gasteiger partial charge in [-0.2, -0.15) is 0 Å². The zero-order chi connectivity index (χ0) is 18.2. The summed E-state index contributed by atoms with van der Waals surface area (Å²) in [5, 5.41) is 14.3. The number of nitrogens with zero attached hydrogens (tertiary/aromatic N) is 6. The number of nitrogens with two attached hydrogens (primary N) is 1. The number of rotatable bonds is 4. The summed E-state index contributed by atoms with van der Waals surface area (Å²) in [4.78, 5) is 11.9. The molecule has 0 aromatic carbocycles. The van der Waals surface area contributed by atoms with Crippen LogP contribution >= 0.6 is 23.1 Å². The normalized spacial score (nSPS) is 18.1. The standard InChI is InChI=1S/C18H23N7S2/c19-16-15-12-8-4-5-9-13(12)27-17(15)21-14(20-16)10-26-18-22-23-24-25(18)11-6-2-1-3-7-11/h11H,1-10H2,(H2,19,20,21). The monoisotopic (exact) mass is 401 g/mol. The minimum atomic E-state index is 0.425. The first-order valence-electron chi connectivity index (χ1n) is 9.77. The molecule has 9 heteroatoms. The maximum absolute atomic E-state index is 6.32. The molecule has 2 aliphatic rings. The third-order valence-corrected chi connectivity index (χ3v) is 7.72. The highest BCUT2D eigenvalue weighted by Crippen LogP contribution is 2.38. The summed E-state index contributed by atoms with van der Waals surface area (Å²) >= 11 is 3.39. The second-order valence-electron chi connectivity index (χ2n) is 7.40. The number of tetrazole rings is 1. The van der Waals surface area contributed by atoms with Crippen molar-refractivity contribution in [1.29, 1.82) is 0 Å². The number of hydrogen-bond acceptors (Lipinski definition) is 8. The van der Waals surface area contributed by atoms with E-state index < -0.39 is 0 Å². The van der Waals surface area contributed by atoms with Crippen molar-refractivity contribution in [1.82, 2.24) is 30.2 Å². The molecule has 2 aliphatic carbocycles. The SMILES string of the molecule is Nc1nc(CSc2nnnn2C2CCCCC2)nc2sc3c(c12)CCCC3. The van der Waals surface area contributed by atoms with E-state index in [4.69, 9.17) is 10.7 Å². The van der Waals surface area contributed by atoms with Gasteiger partial charge in [0.2, 0.25) is 5.16 Å². The lowest BCUT2D eigenvalue weighted by Gasteiger charge is -2.21. The van der Waals surface area contributed by atoms with Crippen LogP contribution in [-0.4, -0.2) is 30.2 Å². The fourth-order valence-electron chi connectivity index (χ4n) is 4.26. The van der Waals surface area contributed by atoms with Crippen LogP contribution < -0.4 is 5.73 Å². The molecule has 7 nitrogen and oxygen atoms in total. The van der Waals surface area contributed by atoms with E-state index >= 15 is 0 Å². The topological polar surface area (TPSA) is 95.4 Å². The highest BCUT2D eigenvalue weighted by Gasteiger charge is 2.22. The second-order valence-corrected chi connectivity index (χ2v) is 9.43. The van der Waals surface area contributed by atoms with Crippen LogP contribution in [0, 0.1) is 0 Å². The van der Waals surface area contributed by atoms with Crippen molar-refractivity contribution in [2.45, 2.75) is 74.7 Å². The number of thioether (sulfide) groups is 1. The molecule has 2 N–H and O–H groups in total. The van der Waals surface area contributed by atoms with Crippen LogP contribution in [0.2, 0.25) is 0 Å². The van der Waals surface area contributed by atoms with Crippen LogP contribution in [0.3, 0.4) is 0 Å². The Balaban J connectivity index is 1.37. The highest BCUT2D eigenvalue weighted by molar-refractivity contribution is 7.98. The van der Waals surface area contributed by atoms with Crippen molar-refractivity contribution in [3.8, 4) is 0 Å². The van der Waals surface area contributed by atoms with E-state index in [2.05, 4.69) is 20.5 Å². The predicted molar refractivity (Wildman–Crippen MR) is 108 cm³/mol. The van der Waals surface area contributed by atoms with Crippen molar-refractivity contribution in [3.63, 3.8) is 0 Å². The van der Waals surface area contributed by atoms with Gasteiger partial charge >= 0.3 is 0 Å². The molecule has 0 bridgehead atoms. The van der Waals surface area contributed by atoms with E-state index in [9.17, 15) is 0 Å². The molecule has 5 rings (SSSR count). The van der Waals surface area contributed by atoms with Gasteiger partial charge in [0.05, 0.1) is 17.2 Å². The molecule has 1 saturated carbocycles. The lowest BCUT2D eigenvalue weighted by Crippen LogP contribution is -2.15. The minimum absolute atomic E-state index is 0.425. The van der Waals surface area contributed by atoms with E-state index in [1.165, 1.54) is 42.5 Å². The van der Waals surface area contributed by atoms with Gasteiger partial charge in [0.25, 0.3) is 0 Å². The maximum Gasteiger partial charge on any atom is 0.210 e. The summed E-state index contributed by atoms with van der Waals surface area (Å²) in [6, 6.07) is 0.425. The molecule has 27 heavy (non-hydrogen) atoms. The van der Waals surface area contributed by atoms with Crippen molar-refractivity contribution in [2.75, 3.05) is 5.73 Å².